The number of sulfonamides is 1. The zero-order chi connectivity index (χ0) is 17.7. The van der Waals surface area contributed by atoms with Gasteiger partial charge in [-0.1, -0.05) is 32.0 Å². The highest BCUT2D eigenvalue weighted by Crippen LogP contribution is 2.25. The molecule has 1 N–H and O–H groups in total. The van der Waals surface area contributed by atoms with Crippen LogP contribution in [0.15, 0.2) is 29.2 Å². The minimum absolute atomic E-state index is 0.0589. The first-order chi connectivity index (χ1) is 11.3. The number of nitrogens with one attached hydrogen (secondary N) is 1. The number of piperidine rings is 1. The number of rotatable bonds is 6. The maximum absolute atomic E-state index is 12.8. The lowest BCUT2D eigenvalue weighted by Gasteiger charge is -2.31. The van der Waals surface area contributed by atoms with E-state index in [2.05, 4.69) is 19.2 Å². The number of benzene rings is 1. The predicted molar refractivity (Wildman–Crippen MR) is 95.1 cm³/mol. The van der Waals surface area contributed by atoms with Crippen molar-refractivity contribution in [2.45, 2.75) is 44.9 Å². The smallest absolute Gasteiger partial charge is 0.243 e. The first-order valence-corrected chi connectivity index (χ1v) is 10.1. The molecular formula is C18H28N2O3S. The quantitative estimate of drug-likeness (QED) is 0.856. The van der Waals surface area contributed by atoms with Crippen LogP contribution < -0.4 is 5.32 Å². The second kappa shape index (κ2) is 8.12. The van der Waals surface area contributed by atoms with Crippen LogP contribution in [-0.4, -0.2) is 38.3 Å². The van der Waals surface area contributed by atoms with Crippen molar-refractivity contribution in [3.8, 4) is 0 Å². The molecule has 1 amide bonds. The molecular weight excluding hydrogens is 324 g/mol. The molecule has 1 saturated heterocycles. The molecule has 1 heterocycles. The van der Waals surface area contributed by atoms with Gasteiger partial charge in [0.05, 0.1) is 4.90 Å². The van der Waals surface area contributed by atoms with E-state index < -0.39 is 10.0 Å². The van der Waals surface area contributed by atoms with Crippen molar-refractivity contribution in [2.75, 3.05) is 19.6 Å². The molecule has 1 fully saturated rings. The van der Waals surface area contributed by atoms with Crippen LogP contribution in [0.4, 0.5) is 0 Å². The van der Waals surface area contributed by atoms with E-state index in [1.807, 2.05) is 19.1 Å². The minimum Gasteiger partial charge on any atom is -0.356 e. The van der Waals surface area contributed by atoms with E-state index in [0.29, 0.717) is 43.3 Å². The number of carbonyl (C=O) groups excluding carboxylic acids is 1. The zero-order valence-corrected chi connectivity index (χ0v) is 15.6. The van der Waals surface area contributed by atoms with Crippen LogP contribution in [0.25, 0.3) is 0 Å². The summed E-state index contributed by atoms with van der Waals surface area (Å²) in [5, 5.41) is 2.97. The maximum Gasteiger partial charge on any atom is 0.243 e. The van der Waals surface area contributed by atoms with Crippen molar-refractivity contribution in [3.05, 3.63) is 29.8 Å². The van der Waals surface area contributed by atoms with Crippen LogP contribution in [0.3, 0.4) is 0 Å². The molecule has 2 rings (SSSR count). The van der Waals surface area contributed by atoms with Gasteiger partial charge in [0, 0.05) is 25.6 Å². The van der Waals surface area contributed by atoms with Gasteiger partial charge in [-0.15, -0.1) is 0 Å². The van der Waals surface area contributed by atoms with E-state index in [-0.39, 0.29) is 11.8 Å². The standard InChI is InChI=1S/C18H28N2O3S/c1-14(2)8-11-19-18(21)16-9-12-20(13-10-16)24(22,23)17-7-5-4-6-15(17)3/h4-7,14,16H,8-13H2,1-3H3,(H,19,21). The van der Waals surface area contributed by atoms with E-state index in [1.165, 1.54) is 4.31 Å². The molecule has 6 heteroatoms. The van der Waals surface area contributed by atoms with Crippen molar-refractivity contribution in [3.63, 3.8) is 0 Å². The first-order valence-electron chi connectivity index (χ1n) is 8.66. The summed E-state index contributed by atoms with van der Waals surface area (Å²) >= 11 is 0. The summed E-state index contributed by atoms with van der Waals surface area (Å²) in [5.41, 5.74) is 0.756. The fraction of sp³-hybridized carbons (Fsp3) is 0.611. The summed E-state index contributed by atoms with van der Waals surface area (Å²) < 4.78 is 27.0. The monoisotopic (exact) mass is 352 g/mol. The molecule has 0 spiro atoms. The van der Waals surface area contributed by atoms with Gasteiger partial charge in [0.15, 0.2) is 0 Å². The number of hydrogen-bond donors (Lipinski definition) is 1. The molecule has 0 unspecified atom stereocenters. The van der Waals surface area contributed by atoms with E-state index in [0.717, 1.165) is 12.0 Å². The Morgan fingerprint density at radius 1 is 1.25 bits per heavy atom. The molecule has 1 aliphatic rings. The number of amides is 1. The average Bonchev–Trinajstić information content (AvgIpc) is 2.54. The van der Waals surface area contributed by atoms with Crippen LogP contribution in [-0.2, 0) is 14.8 Å². The Bertz CT molecular complexity index is 663. The molecule has 24 heavy (non-hydrogen) atoms. The van der Waals surface area contributed by atoms with Crippen LogP contribution in [0.2, 0.25) is 0 Å². The summed E-state index contributed by atoms with van der Waals surface area (Å²) in [6.07, 6.45) is 2.13. The van der Waals surface area contributed by atoms with Gasteiger partial charge in [-0.25, -0.2) is 8.42 Å². The SMILES string of the molecule is Cc1ccccc1S(=O)(=O)N1CCC(C(=O)NCCC(C)C)CC1. The van der Waals surface area contributed by atoms with Gasteiger partial charge in [-0.2, -0.15) is 4.31 Å². The van der Waals surface area contributed by atoms with E-state index in [9.17, 15) is 13.2 Å². The summed E-state index contributed by atoms with van der Waals surface area (Å²) in [7, 11) is -3.47. The lowest BCUT2D eigenvalue weighted by molar-refractivity contribution is -0.126. The number of carbonyl (C=O) groups is 1. The lowest BCUT2D eigenvalue weighted by atomic mass is 9.97. The molecule has 0 atom stereocenters. The van der Waals surface area contributed by atoms with E-state index in [1.54, 1.807) is 12.1 Å². The Labute approximate surface area is 145 Å². The van der Waals surface area contributed by atoms with Gasteiger partial charge < -0.3 is 5.32 Å². The fourth-order valence-electron chi connectivity index (χ4n) is 2.97. The third kappa shape index (κ3) is 4.57. The van der Waals surface area contributed by atoms with Crippen LogP contribution in [0.1, 0.15) is 38.7 Å². The highest BCUT2D eigenvalue weighted by Gasteiger charge is 2.32. The van der Waals surface area contributed by atoms with Gasteiger partial charge in [0.2, 0.25) is 15.9 Å². The largest absolute Gasteiger partial charge is 0.356 e. The molecule has 0 saturated carbocycles. The average molecular weight is 353 g/mol. The van der Waals surface area contributed by atoms with Crippen LogP contribution in [0, 0.1) is 18.8 Å². The Morgan fingerprint density at radius 2 is 1.88 bits per heavy atom. The number of nitrogens with zero attached hydrogens (tertiary/aromatic N) is 1. The Balaban J connectivity index is 1.93. The lowest BCUT2D eigenvalue weighted by Crippen LogP contribution is -2.43. The minimum atomic E-state index is -3.47. The van der Waals surface area contributed by atoms with Crippen molar-refractivity contribution >= 4 is 15.9 Å². The summed E-state index contributed by atoms with van der Waals surface area (Å²) in [5.74, 6) is 0.537. The number of aryl methyl sites for hydroxylation is 1. The summed E-state index contributed by atoms with van der Waals surface area (Å²) in [6.45, 7) is 7.56. The van der Waals surface area contributed by atoms with Crippen molar-refractivity contribution in [2.24, 2.45) is 11.8 Å². The summed E-state index contributed by atoms with van der Waals surface area (Å²) in [4.78, 5) is 12.5. The van der Waals surface area contributed by atoms with Crippen molar-refractivity contribution in [1.82, 2.24) is 9.62 Å². The predicted octanol–water partition coefficient (Wildman–Crippen LogP) is 2.56. The third-order valence-electron chi connectivity index (χ3n) is 4.56. The van der Waals surface area contributed by atoms with Gasteiger partial charge in [-0.05, 0) is 43.7 Å². The number of hydrogen-bond acceptors (Lipinski definition) is 3. The van der Waals surface area contributed by atoms with E-state index >= 15 is 0 Å². The Kier molecular flexibility index (Phi) is 6.40. The molecule has 0 aliphatic carbocycles. The molecule has 0 aromatic heterocycles. The van der Waals surface area contributed by atoms with Gasteiger partial charge in [-0.3, -0.25) is 4.79 Å². The second-order valence-electron chi connectivity index (χ2n) is 6.92. The first kappa shape index (κ1) is 18.9. The molecule has 1 aromatic rings. The second-order valence-corrected chi connectivity index (χ2v) is 8.82. The van der Waals surface area contributed by atoms with Crippen molar-refractivity contribution < 1.29 is 13.2 Å². The van der Waals surface area contributed by atoms with Gasteiger partial charge >= 0.3 is 0 Å². The van der Waals surface area contributed by atoms with Crippen LogP contribution in [0.5, 0.6) is 0 Å². The fourth-order valence-corrected chi connectivity index (χ4v) is 4.67. The van der Waals surface area contributed by atoms with E-state index in [4.69, 9.17) is 0 Å². The normalized spacial score (nSPS) is 17.2. The van der Waals surface area contributed by atoms with Gasteiger partial charge in [0.1, 0.15) is 0 Å². The molecule has 0 bridgehead atoms. The summed E-state index contributed by atoms with van der Waals surface area (Å²) in [6, 6.07) is 7.04. The zero-order valence-electron chi connectivity index (χ0n) is 14.8. The maximum atomic E-state index is 12.8. The molecule has 0 radical (unpaired) electrons. The molecule has 1 aliphatic heterocycles. The topological polar surface area (TPSA) is 66.5 Å². The highest BCUT2D eigenvalue weighted by atomic mass is 32.2. The van der Waals surface area contributed by atoms with Crippen LogP contribution >= 0.6 is 0 Å². The van der Waals surface area contributed by atoms with Gasteiger partial charge in [0.25, 0.3) is 0 Å². The Hall–Kier alpha value is -1.40. The molecule has 134 valence electrons. The Morgan fingerprint density at radius 3 is 2.46 bits per heavy atom. The molecule has 1 aromatic carbocycles. The molecule has 5 nitrogen and oxygen atoms in total. The van der Waals surface area contributed by atoms with Crippen molar-refractivity contribution in [1.29, 1.82) is 0 Å². The third-order valence-corrected chi connectivity index (χ3v) is 6.62. The highest BCUT2D eigenvalue weighted by molar-refractivity contribution is 7.89.